The number of hydrogen-bond acceptors (Lipinski definition) is 4. The van der Waals surface area contributed by atoms with Gasteiger partial charge in [0.05, 0.1) is 16.7 Å². The van der Waals surface area contributed by atoms with E-state index in [0.717, 1.165) is 24.9 Å². The molecule has 3 aromatic rings. The van der Waals surface area contributed by atoms with Gasteiger partial charge in [-0.25, -0.2) is 4.98 Å². The molecule has 0 radical (unpaired) electrons. The number of rotatable bonds is 6. The zero-order chi connectivity index (χ0) is 19.5. The van der Waals surface area contributed by atoms with Crippen molar-refractivity contribution in [1.29, 1.82) is 0 Å². The molecule has 144 valence electrons. The Morgan fingerprint density at radius 2 is 2.00 bits per heavy atom. The van der Waals surface area contributed by atoms with Crippen LogP contribution in [0.5, 0.6) is 0 Å². The number of nitrogens with zero attached hydrogens (tertiary/aromatic N) is 2. The summed E-state index contributed by atoms with van der Waals surface area (Å²) in [5.74, 6) is 0.124. The smallest absolute Gasteiger partial charge is 0.262 e. The van der Waals surface area contributed by atoms with Crippen LogP contribution in [0.2, 0.25) is 0 Å². The molecule has 28 heavy (non-hydrogen) atoms. The molecule has 1 amide bonds. The Hall–Kier alpha value is -2.60. The maximum Gasteiger partial charge on any atom is 0.262 e. The normalized spacial score (nSPS) is 12.9. The first-order valence-electron chi connectivity index (χ1n) is 9.69. The fourth-order valence-corrected chi connectivity index (χ4v) is 4.48. The Labute approximate surface area is 168 Å². The van der Waals surface area contributed by atoms with Crippen LogP contribution in [0.15, 0.2) is 52.4 Å². The number of carbonyl (C=O) groups is 1. The van der Waals surface area contributed by atoms with Crippen LogP contribution < -0.4 is 10.9 Å². The average molecular weight is 394 g/mol. The maximum absolute atomic E-state index is 12.8. The summed E-state index contributed by atoms with van der Waals surface area (Å²) >= 11 is 1.31. The molecule has 0 spiro atoms. The largest absolute Gasteiger partial charge is 0.325 e. The van der Waals surface area contributed by atoms with Gasteiger partial charge in [0.1, 0.15) is 0 Å². The second-order valence-electron chi connectivity index (χ2n) is 7.04. The van der Waals surface area contributed by atoms with Gasteiger partial charge in [-0.15, -0.1) is 0 Å². The number of hydrogen-bond donors (Lipinski definition) is 1. The molecule has 0 fully saturated rings. The highest BCUT2D eigenvalue weighted by Crippen LogP contribution is 2.25. The molecular weight excluding hydrogens is 370 g/mol. The Morgan fingerprint density at radius 1 is 1.18 bits per heavy atom. The molecule has 6 heteroatoms. The molecule has 0 atom stereocenters. The van der Waals surface area contributed by atoms with Crippen LogP contribution in [-0.4, -0.2) is 21.2 Å². The molecule has 1 N–H and O–H groups in total. The lowest BCUT2D eigenvalue weighted by Crippen LogP contribution is -2.24. The molecule has 0 saturated heterocycles. The van der Waals surface area contributed by atoms with Gasteiger partial charge >= 0.3 is 0 Å². The van der Waals surface area contributed by atoms with Crippen LogP contribution in [0.25, 0.3) is 10.9 Å². The highest BCUT2D eigenvalue weighted by atomic mass is 32.2. The van der Waals surface area contributed by atoms with Gasteiger partial charge in [0.25, 0.3) is 5.56 Å². The van der Waals surface area contributed by atoms with Gasteiger partial charge in [0.2, 0.25) is 5.91 Å². The lowest BCUT2D eigenvalue weighted by Gasteiger charge is -2.12. The fraction of sp³-hybridized carbons (Fsp3) is 0.318. The van der Waals surface area contributed by atoms with E-state index in [4.69, 9.17) is 0 Å². The van der Waals surface area contributed by atoms with Gasteiger partial charge in [0, 0.05) is 12.2 Å². The molecule has 0 saturated carbocycles. The van der Waals surface area contributed by atoms with Crippen molar-refractivity contribution in [3.05, 3.63) is 63.9 Å². The van der Waals surface area contributed by atoms with Crippen molar-refractivity contribution in [2.24, 2.45) is 0 Å². The highest BCUT2D eigenvalue weighted by Gasteiger charge is 2.14. The zero-order valence-corrected chi connectivity index (χ0v) is 16.7. The number of aromatic nitrogens is 2. The number of benzene rings is 2. The SMILES string of the molecule is CCCn1c(SCC(=O)Nc2ccc3c(c2)CCC3)nc2ccccc2c1=O. The zero-order valence-electron chi connectivity index (χ0n) is 15.9. The number of carbonyl (C=O) groups excluding carboxylic acids is 1. The van der Waals surface area contributed by atoms with E-state index >= 15 is 0 Å². The van der Waals surface area contributed by atoms with Gasteiger partial charge in [-0.05, 0) is 61.1 Å². The molecule has 1 aliphatic carbocycles. The van der Waals surface area contributed by atoms with Gasteiger partial charge in [-0.3, -0.25) is 14.2 Å². The monoisotopic (exact) mass is 393 g/mol. The number of thioether (sulfide) groups is 1. The molecule has 4 rings (SSSR count). The lowest BCUT2D eigenvalue weighted by molar-refractivity contribution is -0.113. The molecule has 0 aliphatic heterocycles. The molecular formula is C22H23N3O2S. The van der Waals surface area contributed by atoms with Crippen LogP contribution in [0.1, 0.15) is 30.9 Å². The minimum atomic E-state index is -0.0894. The Morgan fingerprint density at radius 3 is 2.86 bits per heavy atom. The summed E-state index contributed by atoms with van der Waals surface area (Å²) in [6.45, 7) is 2.61. The van der Waals surface area contributed by atoms with Crippen molar-refractivity contribution >= 4 is 34.3 Å². The molecule has 1 heterocycles. The molecule has 0 bridgehead atoms. The molecule has 2 aromatic carbocycles. The van der Waals surface area contributed by atoms with E-state index in [1.54, 1.807) is 10.6 Å². The summed E-state index contributed by atoms with van der Waals surface area (Å²) < 4.78 is 1.68. The predicted octanol–water partition coefficient (Wildman–Crippen LogP) is 4.03. The minimum absolute atomic E-state index is 0.0472. The lowest BCUT2D eigenvalue weighted by atomic mass is 10.1. The third kappa shape index (κ3) is 3.83. The van der Waals surface area contributed by atoms with E-state index in [2.05, 4.69) is 22.4 Å². The number of aryl methyl sites for hydroxylation is 2. The first kappa shape index (κ1) is 18.7. The van der Waals surface area contributed by atoms with Gasteiger partial charge in [-0.1, -0.05) is 36.9 Å². The van der Waals surface area contributed by atoms with E-state index < -0.39 is 0 Å². The maximum atomic E-state index is 12.8. The third-order valence-corrected chi connectivity index (χ3v) is 5.96. The summed E-state index contributed by atoms with van der Waals surface area (Å²) in [5, 5.41) is 4.18. The van der Waals surface area contributed by atoms with E-state index in [1.165, 1.54) is 29.3 Å². The topological polar surface area (TPSA) is 64.0 Å². The van der Waals surface area contributed by atoms with Crippen molar-refractivity contribution in [1.82, 2.24) is 9.55 Å². The molecule has 0 unspecified atom stereocenters. The van der Waals surface area contributed by atoms with Crippen LogP contribution in [-0.2, 0) is 24.2 Å². The summed E-state index contributed by atoms with van der Waals surface area (Å²) in [4.78, 5) is 29.9. The Balaban J connectivity index is 1.51. The molecule has 1 aromatic heterocycles. The number of amides is 1. The second-order valence-corrected chi connectivity index (χ2v) is 7.98. The predicted molar refractivity (Wildman–Crippen MR) is 114 cm³/mol. The summed E-state index contributed by atoms with van der Waals surface area (Å²) in [6.07, 6.45) is 4.22. The van der Waals surface area contributed by atoms with Crippen LogP contribution in [0, 0.1) is 0 Å². The quantitative estimate of drug-likeness (QED) is 0.507. The van der Waals surface area contributed by atoms with Crippen molar-refractivity contribution in [3.8, 4) is 0 Å². The first-order chi connectivity index (χ1) is 13.7. The van der Waals surface area contributed by atoms with Crippen LogP contribution in [0.3, 0.4) is 0 Å². The van der Waals surface area contributed by atoms with Gasteiger partial charge in [0.15, 0.2) is 5.16 Å². The summed E-state index contributed by atoms with van der Waals surface area (Å²) in [7, 11) is 0. The van der Waals surface area contributed by atoms with Crippen molar-refractivity contribution in [3.63, 3.8) is 0 Å². The van der Waals surface area contributed by atoms with Gasteiger partial charge in [-0.2, -0.15) is 0 Å². The molecule has 1 aliphatic rings. The van der Waals surface area contributed by atoms with Crippen molar-refractivity contribution < 1.29 is 4.79 Å². The standard InChI is InChI=1S/C22H23N3O2S/c1-2-12-25-21(27)18-8-3-4-9-19(18)24-22(25)28-14-20(26)23-17-11-10-15-6-5-7-16(15)13-17/h3-4,8-11,13H,2,5-7,12,14H2,1H3,(H,23,26). The van der Waals surface area contributed by atoms with E-state index in [1.807, 2.05) is 31.2 Å². The molecule has 5 nitrogen and oxygen atoms in total. The van der Waals surface area contributed by atoms with E-state index in [-0.39, 0.29) is 17.2 Å². The Bertz CT molecular complexity index is 1090. The van der Waals surface area contributed by atoms with Crippen molar-refractivity contribution in [2.75, 3.05) is 11.1 Å². The fourth-order valence-electron chi connectivity index (χ4n) is 3.66. The first-order valence-corrected chi connectivity index (χ1v) is 10.7. The number of nitrogens with one attached hydrogen (secondary N) is 1. The highest BCUT2D eigenvalue weighted by molar-refractivity contribution is 7.99. The number of para-hydroxylation sites is 1. The number of fused-ring (bicyclic) bond motifs is 2. The average Bonchev–Trinajstić information content (AvgIpc) is 3.17. The van der Waals surface area contributed by atoms with Crippen molar-refractivity contribution in [2.45, 2.75) is 44.3 Å². The van der Waals surface area contributed by atoms with Crippen LogP contribution >= 0.6 is 11.8 Å². The van der Waals surface area contributed by atoms with Crippen LogP contribution in [0.4, 0.5) is 5.69 Å². The van der Waals surface area contributed by atoms with Gasteiger partial charge < -0.3 is 5.32 Å². The van der Waals surface area contributed by atoms with E-state index in [0.29, 0.717) is 22.6 Å². The third-order valence-electron chi connectivity index (χ3n) is 4.99. The number of anilines is 1. The second kappa shape index (κ2) is 8.19. The Kier molecular flexibility index (Phi) is 5.48. The van der Waals surface area contributed by atoms with E-state index in [9.17, 15) is 9.59 Å². The summed E-state index contributed by atoms with van der Waals surface area (Å²) in [5.41, 5.74) is 4.17. The minimum Gasteiger partial charge on any atom is -0.325 e. The summed E-state index contributed by atoms with van der Waals surface area (Å²) in [6, 6.07) is 13.5.